The molecule has 1 aromatic carbocycles. The lowest BCUT2D eigenvalue weighted by atomic mass is 9.96. The number of amides is 1. The molecule has 1 heterocycles. The molecule has 0 radical (unpaired) electrons. The van der Waals surface area contributed by atoms with E-state index in [0.717, 1.165) is 0 Å². The minimum absolute atomic E-state index is 0.0628. The number of rotatable bonds is 5. The minimum Gasteiger partial charge on any atom is -0.484 e. The number of ether oxygens (including phenoxy) is 2. The van der Waals surface area contributed by atoms with E-state index in [-0.39, 0.29) is 25.0 Å². The third kappa shape index (κ3) is 4.42. The van der Waals surface area contributed by atoms with Gasteiger partial charge in [0, 0.05) is 19.5 Å². The van der Waals surface area contributed by atoms with Gasteiger partial charge in [-0.1, -0.05) is 18.2 Å². The van der Waals surface area contributed by atoms with Crippen molar-refractivity contribution in [2.75, 3.05) is 33.4 Å². The van der Waals surface area contributed by atoms with E-state index in [1.54, 1.807) is 19.2 Å². The lowest BCUT2D eigenvalue weighted by Gasteiger charge is -2.34. The Kier molecular flexibility index (Phi) is 5.55. The number of hydrogen-bond acceptors (Lipinski definition) is 5. The van der Waals surface area contributed by atoms with Crippen LogP contribution in [0.25, 0.3) is 0 Å². The molecule has 3 atom stereocenters. The van der Waals surface area contributed by atoms with Gasteiger partial charge in [0.15, 0.2) is 6.61 Å². The first-order valence-corrected chi connectivity index (χ1v) is 6.93. The Hall–Kier alpha value is -1.63. The third-order valence-electron chi connectivity index (χ3n) is 3.54. The van der Waals surface area contributed by atoms with Gasteiger partial charge in [0.2, 0.25) is 0 Å². The van der Waals surface area contributed by atoms with Gasteiger partial charge in [-0.05, 0) is 12.1 Å². The molecule has 0 aromatic heterocycles. The molecule has 1 aliphatic heterocycles. The van der Waals surface area contributed by atoms with Crippen molar-refractivity contribution in [1.29, 1.82) is 0 Å². The van der Waals surface area contributed by atoms with Crippen molar-refractivity contribution < 1.29 is 24.5 Å². The average molecular weight is 295 g/mol. The molecular formula is C15H21NO5. The Morgan fingerprint density at radius 1 is 1.33 bits per heavy atom. The molecule has 1 aromatic rings. The van der Waals surface area contributed by atoms with E-state index in [2.05, 4.69) is 0 Å². The molecule has 1 saturated heterocycles. The van der Waals surface area contributed by atoms with E-state index in [1.165, 1.54) is 4.90 Å². The van der Waals surface area contributed by atoms with Gasteiger partial charge in [0.1, 0.15) is 11.9 Å². The molecule has 1 aliphatic rings. The first-order chi connectivity index (χ1) is 10.1. The second-order valence-corrected chi connectivity index (χ2v) is 5.23. The van der Waals surface area contributed by atoms with Crippen LogP contribution in [-0.4, -0.2) is 66.6 Å². The predicted octanol–water partition coefficient (Wildman–Crippen LogP) is -0.108. The van der Waals surface area contributed by atoms with E-state index in [1.807, 2.05) is 18.2 Å². The summed E-state index contributed by atoms with van der Waals surface area (Å²) in [7, 11) is 1.64. The maximum absolute atomic E-state index is 12.0. The van der Waals surface area contributed by atoms with E-state index < -0.39 is 12.2 Å². The Morgan fingerprint density at radius 3 is 2.76 bits per heavy atom. The smallest absolute Gasteiger partial charge is 0.260 e. The van der Waals surface area contributed by atoms with Crippen molar-refractivity contribution in [3.8, 4) is 5.75 Å². The monoisotopic (exact) mass is 295 g/mol. The molecule has 6 nitrogen and oxygen atoms in total. The van der Waals surface area contributed by atoms with Gasteiger partial charge in [-0.25, -0.2) is 0 Å². The topological polar surface area (TPSA) is 79.2 Å². The van der Waals surface area contributed by atoms with Crippen molar-refractivity contribution in [2.45, 2.75) is 12.2 Å². The Bertz CT molecular complexity index is 453. The summed E-state index contributed by atoms with van der Waals surface area (Å²) < 4.78 is 10.6. The Balaban J connectivity index is 1.79. The van der Waals surface area contributed by atoms with E-state index in [9.17, 15) is 15.0 Å². The highest BCUT2D eigenvalue weighted by molar-refractivity contribution is 5.77. The fourth-order valence-electron chi connectivity index (χ4n) is 2.24. The van der Waals surface area contributed by atoms with E-state index in [4.69, 9.17) is 9.47 Å². The average Bonchev–Trinajstić information content (AvgIpc) is 2.50. The van der Waals surface area contributed by atoms with Crippen LogP contribution < -0.4 is 4.74 Å². The number of aliphatic hydroxyl groups is 2. The Morgan fingerprint density at radius 2 is 2.05 bits per heavy atom. The number of aliphatic hydroxyl groups excluding tert-OH is 2. The molecule has 0 aliphatic carbocycles. The number of carbonyl (C=O) groups excluding carboxylic acids is 1. The van der Waals surface area contributed by atoms with Crippen LogP contribution in [0.5, 0.6) is 5.75 Å². The summed E-state index contributed by atoms with van der Waals surface area (Å²) in [6.45, 7) is 0.712. The van der Waals surface area contributed by atoms with Crippen LogP contribution in [0.4, 0.5) is 0 Å². The van der Waals surface area contributed by atoms with E-state index >= 15 is 0 Å². The SMILES string of the molecule is CN(C[C@@H]1COC[C@@H](O)[C@H]1O)C(=O)COc1ccccc1. The summed E-state index contributed by atoms with van der Waals surface area (Å²) in [6, 6.07) is 9.10. The molecule has 1 fully saturated rings. The molecule has 1 amide bonds. The molecular weight excluding hydrogens is 274 g/mol. The molecule has 2 N–H and O–H groups in total. The molecule has 0 bridgehead atoms. The summed E-state index contributed by atoms with van der Waals surface area (Å²) in [5, 5.41) is 19.4. The maximum Gasteiger partial charge on any atom is 0.260 e. The van der Waals surface area contributed by atoms with Crippen molar-refractivity contribution in [1.82, 2.24) is 4.90 Å². The fourth-order valence-corrected chi connectivity index (χ4v) is 2.24. The summed E-state index contributed by atoms with van der Waals surface area (Å²) in [4.78, 5) is 13.5. The second kappa shape index (κ2) is 7.40. The van der Waals surface area contributed by atoms with Crippen molar-refractivity contribution in [2.24, 2.45) is 5.92 Å². The molecule has 6 heteroatoms. The lowest BCUT2D eigenvalue weighted by Crippen LogP contribution is -2.49. The van der Waals surface area contributed by atoms with Gasteiger partial charge in [0.05, 0.1) is 19.3 Å². The van der Waals surface area contributed by atoms with Crippen LogP contribution in [0.3, 0.4) is 0 Å². The van der Waals surface area contributed by atoms with Gasteiger partial charge in [-0.3, -0.25) is 4.79 Å². The molecule has 116 valence electrons. The van der Waals surface area contributed by atoms with Crippen molar-refractivity contribution in [3.05, 3.63) is 30.3 Å². The number of para-hydroxylation sites is 1. The lowest BCUT2D eigenvalue weighted by molar-refractivity contribution is -0.141. The van der Waals surface area contributed by atoms with Gasteiger partial charge in [-0.2, -0.15) is 0 Å². The quantitative estimate of drug-likeness (QED) is 0.792. The largest absolute Gasteiger partial charge is 0.484 e. The number of nitrogens with zero attached hydrogens (tertiary/aromatic N) is 1. The summed E-state index contributed by atoms with van der Waals surface area (Å²) in [6.07, 6.45) is -1.77. The van der Waals surface area contributed by atoms with Crippen LogP contribution in [-0.2, 0) is 9.53 Å². The molecule has 21 heavy (non-hydrogen) atoms. The minimum atomic E-state index is -0.896. The van der Waals surface area contributed by atoms with Crippen LogP contribution in [0.2, 0.25) is 0 Å². The van der Waals surface area contributed by atoms with Gasteiger partial charge < -0.3 is 24.6 Å². The first kappa shape index (κ1) is 15.8. The van der Waals surface area contributed by atoms with Crippen molar-refractivity contribution in [3.63, 3.8) is 0 Å². The summed E-state index contributed by atoms with van der Waals surface area (Å²) in [5.74, 6) is 0.154. The number of carbonyl (C=O) groups is 1. The predicted molar refractivity (Wildman–Crippen MR) is 75.9 cm³/mol. The number of hydrogen-bond donors (Lipinski definition) is 2. The fraction of sp³-hybridized carbons (Fsp3) is 0.533. The maximum atomic E-state index is 12.0. The van der Waals surface area contributed by atoms with Gasteiger partial charge in [0.25, 0.3) is 5.91 Å². The third-order valence-corrected chi connectivity index (χ3v) is 3.54. The van der Waals surface area contributed by atoms with E-state index in [0.29, 0.717) is 18.9 Å². The van der Waals surface area contributed by atoms with Crippen LogP contribution in [0.15, 0.2) is 30.3 Å². The first-order valence-electron chi connectivity index (χ1n) is 6.93. The van der Waals surface area contributed by atoms with Crippen LogP contribution in [0, 0.1) is 5.92 Å². The van der Waals surface area contributed by atoms with Gasteiger partial charge >= 0.3 is 0 Å². The molecule has 0 spiro atoms. The summed E-state index contributed by atoms with van der Waals surface area (Å²) >= 11 is 0. The van der Waals surface area contributed by atoms with Gasteiger partial charge in [-0.15, -0.1) is 0 Å². The zero-order valence-electron chi connectivity index (χ0n) is 12.0. The number of likely N-dealkylation sites (N-methyl/N-ethyl adjacent to an activating group) is 1. The molecule has 0 unspecified atom stereocenters. The van der Waals surface area contributed by atoms with Crippen LogP contribution in [0.1, 0.15) is 0 Å². The van der Waals surface area contributed by atoms with Crippen LogP contribution >= 0.6 is 0 Å². The highest BCUT2D eigenvalue weighted by Gasteiger charge is 2.32. The standard InChI is InChI=1S/C15H21NO5/c1-16(7-11-8-20-9-13(17)15(11)19)14(18)10-21-12-5-3-2-4-6-12/h2-6,11,13,15,17,19H,7-10H2,1H3/t11-,13-,15+/m1/s1. The zero-order chi connectivity index (χ0) is 15.2. The highest BCUT2D eigenvalue weighted by Crippen LogP contribution is 2.16. The zero-order valence-corrected chi connectivity index (χ0v) is 12.0. The second-order valence-electron chi connectivity index (χ2n) is 5.23. The highest BCUT2D eigenvalue weighted by atomic mass is 16.5. The number of benzene rings is 1. The molecule has 0 saturated carbocycles. The summed E-state index contributed by atoms with van der Waals surface area (Å²) in [5.41, 5.74) is 0. The normalized spacial score (nSPS) is 25.4. The Labute approximate surface area is 123 Å². The van der Waals surface area contributed by atoms with Crippen molar-refractivity contribution >= 4 is 5.91 Å². The molecule has 2 rings (SSSR count).